The normalized spacial score (nSPS) is 15.9. The Kier molecular flexibility index (Phi) is 2.26. The highest BCUT2D eigenvalue weighted by atomic mass is 32.1. The van der Waals surface area contributed by atoms with Crippen molar-refractivity contribution in [2.75, 3.05) is 0 Å². The zero-order valence-electron chi connectivity index (χ0n) is 9.80. The van der Waals surface area contributed by atoms with E-state index in [-0.39, 0.29) is 17.4 Å². The summed E-state index contributed by atoms with van der Waals surface area (Å²) in [7, 11) is 0. The van der Waals surface area contributed by atoms with Crippen LogP contribution in [0.4, 0.5) is 0 Å². The van der Waals surface area contributed by atoms with Gasteiger partial charge in [-0.15, -0.1) is 11.3 Å². The Labute approximate surface area is 103 Å². The molecule has 0 bridgehead atoms. The van der Waals surface area contributed by atoms with Gasteiger partial charge in [0.05, 0.1) is 5.01 Å². The fourth-order valence-corrected chi connectivity index (χ4v) is 3.16. The van der Waals surface area contributed by atoms with Crippen LogP contribution in [0.1, 0.15) is 43.7 Å². The second-order valence-corrected chi connectivity index (χ2v) is 5.84. The molecule has 17 heavy (non-hydrogen) atoms. The number of fused-ring (bicyclic) bond motifs is 1. The van der Waals surface area contributed by atoms with Gasteiger partial charge in [0.2, 0.25) is 0 Å². The van der Waals surface area contributed by atoms with Gasteiger partial charge in [-0.05, 0) is 26.7 Å². The van der Waals surface area contributed by atoms with Crippen molar-refractivity contribution in [1.29, 1.82) is 0 Å². The molecule has 0 aromatic carbocycles. The molecule has 0 atom stereocenters. The van der Waals surface area contributed by atoms with Crippen LogP contribution >= 0.6 is 11.3 Å². The Bertz CT molecular complexity index is 638. The fourth-order valence-electron chi connectivity index (χ4n) is 2.02. The maximum atomic E-state index is 11.9. The zero-order chi connectivity index (χ0) is 12.2. The minimum Gasteiger partial charge on any atom is -0.506 e. The van der Waals surface area contributed by atoms with E-state index in [1.54, 1.807) is 4.57 Å². The van der Waals surface area contributed by atoms with Crippen LogP contribution < -0.4 is 5.56 Å². The molecule has 0 saturated heterocycles. The average Bonchev–Trinajstić information content (AvgIpc) is 2.98. The van der Waals surface area contributed by atoms with Crippen LogP contribution in [0, 0.1) is 0 Å². The quantitative estimate of drug-likeness (QED) is 0.891. The highest BCUT2D eigenvalue weighted by Crippen LogP contribution is 2.44. The van der Waals surface area contributed by atoms with Gasteiger partial charge < -0.3 is 5.11 Å². The summed E-state index contributed by atoms with van der Waals surface area (Å²) < 4.78 is 2.39. The summed E-state index contributed by atoms with van der Waals surface area (Å²) in [6, 6.07) is 1.34. The first-order chi connectivity index (χ1) is 8.08. The van der Waals surface area contributed by atoms with Gasteiger partial charge in [-0.25, -0.2) is 4.98 Å². The number of aromatic nitrogens is 2. The SMILES string of the molecule is CC(C)n1c(=O)cc(O)c2sc(C3CC3)nc21. The summed E-state index contributed by atoms with van der Waals surface area (Å²) in [6.07, 6.45) is 2.35. The maximum absolute atomic E-state index is 11.9. The predicted molar refractivity (Wildman–Crippen MR) is 67.9 cm³/mol. The summed E-state index contributed by atoms with van der Waals surface area (Å²) in [4.78, 5) is 16.4. The van der Waals surface area contributed by atoms with Crippen LogP contribution in [-0.4, -0.2) is 14.7 Å². The first-order valence-electron chi connectivity index (χ1n) is 5.83. The molecule has 0 aliphatic heterocycles. The molecule has 1 aliphatic rings. The van der Waals surface area contributed by atoms with Crippen molar-refractivity contribution in [2.45, 2.75) is 38.6 Å². The molecule has 2 aromatic rings. The lowest BCUT2D eigenvalue weighted by Gasteiger charge is -2.10. The average molecular weight is 250 g/mol. The van der Waals surface area contributed by atoms with Gasteiger partial charge in [0, 0.05) is 18.0 Å². The first kappa shape index (κ1) is 10.8. The van der Waals surface area contributed by atoms with Crippen LogP contribution in [0.3, 0.4) is 0 Å². The van der Waals surface area contributed by atoms with Gasteiger partial charge in [-0.2, -0.15) is 0 Å². The summed E-state index contributed by atoms with van der Waals surface area (Å²) >= 11 is 1.51. The number of hydrogen-bond acceptors (Lipinski definition) is 4. The van der Waals surface area contributed by atoms with E-state index < -0.39 is 0 Å². The number of pyridine rings is 1. The van der Waals surface area contributed by atoms with E-state index in [0.717, 1.165) is 9.71 Å². The molecule has 2 heterocycles. The lowest BCUT2D eigenvalue weighted by Crippen LogP contribution is -2.21. The maximum Gasteiger partial charge on any atom is 0.256 e. The molecule has 1 aliphatic carbocycles. The van der Waals surface area contributed by atoms with Crippen LogP contribution in [0.2, 0.25) is 0 Å². The van der Waals surface area contributed by atoms with Crippen LogP contribution in [0.5, 0.6) is 5.75 Å². The predicted octanol–water partition coefficient (Wildman–Crippen LogP) is 2.62. The van der Waals surface area contributed by atoms with Gasteiger partial charge in [-0.1, -0.05) is 0 Å². The smallest absolute Gasteiger partial charge is 0.256 e. The van der Waals surface area contributed by atoms with Crippen molar-refractivity contribution in [2.24, 2.45) is 0 Å². The summed E-state index contributed by atoms with van der Waals surface area (Å²) in [6.45, 7) is 3.90. The number of hydrogen-bond donors (Lipinski definition) is 1. The molecule has 3 rings (SSSR count). The van der Waals surface area contributed by atoms with Crippen molar-refractivity contribution in [3.05, 3.63) is 21.4 Å². The second-order valence-electron chi connectivity index (χ2n) is 4.81. The molecule has 90 valence electrons. The summed E-state index contributed by atoms with van der Waals surface area (Å²) in [5, 5.41) is 10.9. The van der Waals surface area contributed by atoms with E-state index in [1.807, 2.05) is 13.8 Å². The van der Waals surface area contributed by atoms with Gasteiger partial charge in [0.15, 0.2) is 5.65 Å². The lowest BCUT2D eigenvalue weighted by molar-refractivity contribution is 0.477. The highest BCUT2D eigenvalue weighted by Gasteiger charge is 2.28. The Balaban J connectivity index is 2.34. The van der Waals surface area contributed by atoms with E-state index in [2.05, 4.69) is 4.98 Å². The Morgan fingerprint density at radius 2 is 2.24 bits per heavy atom. The number of thiazole rings is 1. The molecule has 0 spiro atoms. The van der Waals surface area contributed by atoms with Crippen molar-refractivity contribution >= 4 is 21.7 Å². The Hall–Kier alpha value is -1.36. The minimum atomic E-state index is -0.183. The Morgan fingerprint density at radius 3 is 2.82 bits per heavy atom. The molecule has 1 fully saturated rings. The topological polar surface area (TPSA) is 55.1 Å². The molecular weight excluding hydrogens is 236 g/mol. The van der Waals surface area contributed by atoms with E-state index >= 15 is 0 Å². The zero-order valence-corrected chi connectivity index (χ0v) is 10.6. The van der Waals surface area contributed by atoms with Gasteiger partial charge >= 0.3 is 0 Å². The number of rotatable bonds is 2. The third-order valence-electron chi connectivity index (χ3n) is 3.03. The summed E-state index contributed by atoms with van der Waals surface area (Å²) in [5.41, 5.74) is 0.453. The van der Waals surface area contributed by atoms with Crippen molar-refractivity contribution < 1.29 is 5.11 Å². The number of nitrogens with zero attached hydrogens (tertiary/aromatic N) is 2. The largest absolute Gasteiger partial charge is 0.506 e. The molecule has 5 heteroatoms. The molecule has 0 unspecified atom stereocenters. The van der Waals surface area contributed by atoms with Crippen LogP contribution in [0.15, 0.2) is 10.9 Å². The monoisotopic (exact) mass is 250 g/mol. The molecular formula is C12H14N2O2S. The van der Waals surface area contributed by atoms with Gasteiger partial charge in [0.25, 0.3) is 5.56 Å². The van der Waals surface area contributed by atoms with Gasteiger partial charge in [0.1, 0.15) is 10.4 Å². The van der Waals surface area contributed by atoms with E-state index in [0.29, 0.717) is 11.6 Å². The minimum absolute atomic E-state index is 0.0553. The van der Waals surface area contributed by atoms with Crippen LogP contribution in [0.25, 0.3) is 10.3 Å². The van der Waals surface area contributed by atoms with Gasteiger partial charge in [-0.3, -0.25) is 9.36 Å². The molecule has 2 aromatic heterocycles. The van der Waals surface area contributed by atoms with Crippen molar-refractivity contribution in [1.82, 2.24) is 9.55 Å². The Morgan fingerprint density at radius 1 is 1.53 bits per heavy atom. The highest BCUT2D eigenvalue weighted by molar-refractivity contribution is 7.19. The van der Waals surface area contributed by atoms with E-state index in [1.165, 1.54) is 30.2 Å². The third kappa shape index (κ3) is 1.65. The third-order valence-corrected chi connectivity index (χ3v) is 4.26. The lowest BCUT2D eigenvalue weighted by atomic mass is 10.3. The fraction of sp³-hybridized carbons (Fsp3) is 0.500. The van der Waals surface area contributed by atoms with Crippen LogP contribution in [-0.2, 0) is 0 Å². The van der Waals surface area contributed by atoms with E-state index in [4.69, 9.17) is 0 Å². The standard InChI is InChI=1S/C12H14N2O2S/c1-6(2)14-9(16)5-8(15)10-11(14)13-12(17-10)7-3-4-7/h5-7,15H,3-4H2,1-2H3. The van der Waals surface area contributed by atoms with E-state index in [9.17, 15) is 9.90 Å². The molecule has 1 saturated carbocycles. The molecule has 1 N–H and O–H groups in total. The number of aromatic hydroxyl groups is 1. The first-order valence-corrected chi connectivity index (χ1v) is 6.64. The molecule has 0 amide bonds. The summed E-state index contributed by atoms with van der Waals surface area (Å²) in [5.74, 6) is 0.605. The van der Waals surface area contributed by atoms with Crippen molar-refractivity contribution in [3.8, 4) is 5.75 Å². The van der Waals surface area contributed by atoms with Crippen molar-refractivity contribution in [3.63, 3.8) is 0 Å². The molecule has 4 nitrogen and oxygen atoms in total. The second kappa shape index (κ2) is 3.57. The molecule has 0 radical (unpaired) electrons.